The highest BCUT2D eigenvalue weighted by atomic mass is 19.1. The van der Waals surface area contributed by atoms with E-state index in [0.717, 1.165) is 17.1 Å². The average Bonchev–Trinajstić information content (AvgIpc) is 2.82. The zero-order chi connectivity index (χ0) is 13.4. The summed E-state index contributed by atoms with van der Waals surface area (Å²) in [5.41, 5.74) is 1.50. The van der Waals surface area contributed by atoms with E-state index in [1.165, 1.54) is 12.1 Å². The van der Waals surface area contributed by atoms with Gasteiger partial charge in [0.25, 0.3) is 0 Å². The minimum atomic E-state index is -0.857. The van der Waals surface area contributed by atoms with E-state index in [1.807, 2.05) is 24.3 Å². The molecule has 0 aliphatic rings. The highest BCUT2D eigenvalue weighted by Crippen LogP contribution is 2.26. The van der Waals surface area contributed by atoms with Crippen molar-refractivity contribution in [3.8, 4) is 11.4 Å². The van der Waals surface area contributed by atoms with Crippen LogP contribution in [0.4, 0.5) is 10.1 Å². The smallest absolute Gasteiger partial charge is 0.305 e. The van der Waals surface area contributed by atoms with E-state index in [9.17, 15) is 14.5 Å². The molecule has 0 radical (unpaired) electrons. The third-order valence-corrected chi connectivity index (χ3v) is 2.81. The second-order valence-electron chi connectivity index (χ2n) is 4.03. The molecule has 3 rings (SSSR count). The lowest BCUT2D eigenvalue weighted by atomic mass is 10.2. The van der Waals surface area contributed by atoms with Crippen LogP contribution in [0, 0.1) is 15.9 Å². The molecular weight excluding hydrogens is 249 g/mol. The molecule has 94 valence electrons. The van der Waals surface area contributed by atoms with Gasteiger partial charge in [0.05, 0.1) is 16.0 Å². The minimum Gasteiger partial charge on any atom is -0.338 e. The van der Waals surface area contributed by atoms with Crippen molar-refractivity contribution in [3.05, 3.63) is 58.4 Å². The number of para-hydroxylation sites is 2. The first-order valence-corrected chi connectivity index (χ1v) is 5.54. The van der Waals surface area contributed by atoms with Crippen molar-refractivity contribution >= 4 is 16.7 Å². The predicted molar refractivity (Wildman–Crippen MR) is 68.1 cm³/mol. The van der Waals surface area contributed by atoms with Gasteiger partial charge in [-0.2, -0.15) is 4.39 Å². The van der Waals surface area contributed by atoms with E-state index in [1.54, 1.807) is 0 Å². The maximum atomic E-state index is 13.3. The van der Waals surface area contributed by atoms with E-state index >= 15 is 0 Å². The van der Waals surface area contributed by atoms with Gasteiger partial charge in [0.15, 0.2) is 0 Å². The van der Waals surface area contributed by atoms with E-state index in [-0.39, 0.29) is 0 Å². The fraction of sp³-hybridized carbons (Fsp3) is 0. The molecule has 2 aromatic carbocycles. The summed E-state index contributed by atoms with van der Waals surface area (Å²) in [6.45, 7) is 0. The number of nitrogens with zero attached hydrogens (tertiary/aromatic N) is 2. The Morgan fingerprint density at radius 3 is 2.74 bits per heavy atom. The zero-order valence-corrected chi connectivity index (χ0v) is 9.63. The Hall–Kier alpha value is -2.76. The predicted octanol–water partition coefficient (Wildman–Crippen LogP) is 3.28. The standard InChI is InChI=1S/C13H8FN3O2/c14-9-6-5-8(7-12(9)17(18)19)13-15-10-3-1-2-4-11(10)16-13/h1-7H,(H,15,16). The molecule has 6 heteroatoms. The summed E-state index contributed by atoms with van der Waals surface area (Å²) in [6.07, 6.45) is 0. The van der Waals surface area contributed by atoms with E-state index < -0.39 is 16.4 Å². The van der Waals surface area contributed by atoms with Gasteiger partial charge in [-0.1, -0.05) is 12.1 Å². The summed E-state index contributed by atoms with van der Waals surface area (Å²) in [5, 5.41) is 10.7. The fourth-order valence-electron chi connectivity index (χ4n) is 1.89. The molecule has 3 aromatic rings. The molecule has 0 unspecified atom stereocenters. The number of hydrogen-bond donors (Lipinski definition) is 1. The summed E-state index contributed by atoms with van der Waals surface area (Å²) in [6, 6.07) is 11.1. The van der Waals surface area contributed by atoms with Gasteiger partial charge in [-0.25, -0.2) is 4.98 Å². The number of H-pyrrole nitrogens is 1. The van der Waals surface area contributed by atoms with E-state index in [2.05, 4.69) is 9.97 Å². The van der Waals surface area contributed by atoms with Crippen molar-refractivity contribution in [1.29, 1.82) is 0 Å². The van der Waals surface area contributed by atoms with Crippen molar-refractivity contribution < 1.29 is 9.31 Å². The van der Waals surface area contributed by atoms with Crippen LogP contribution in [0.3, 0.4) is 0 Å². The molecule has 0 spiro atoms. The summed E-state index contributed by atoms with van der Waals surface area (Å²) < 4.78 is 13.3. The number of benzene rings is 2. The van der Waals surface area contributed by atoms with Gasteiger partial charge in [0.2, 0.25) is 5.82 Å². The van der Waals surface area contributed by atoms with E-state index in [4.69, 9.17) is 0 Å². The van der Waals surface area contributed by atoms with Crippen molar-refractivity contribution in [2.24, 2.45) is 0 Å². The van der Waals surface area contributed by atoms with Crippen molar-refractivity contribution in [2.75, 3.05) is 0 Å². The number of aromatic amines is 1. The molecule has 0 bridgehead atoms. The first-order chi connectivity index (χ1) is 9.15. The number of imidazole rings is 1. The largest absolute Gasteiger partial charge is 0.338 e. The quantitative estimate of drug-likeness (QED) is 0.565. The summed E-state index contributed by atoms with van der Waals surface area (Å²) in [7, 11) is 0. The number of rotatable bonds is 2. The van der Waals surface area contributed by atoms with Crippen molar-refractivity contribution in [1.82, 2.24) is 9.97 Å². The molecule has 0 aliphatic carbocycles. The van der Waals surface area contributed by atoms with Crippen LogP contribution in [0.25, 0.3) is 22.4 Å². The second-order valence-corrected chi connectivity index (χ2v) is 4.03. The normalized spacial score (nSPS) is 10.8. The Morgan fingerprint density at radius 1 is 1.21 bits per heavy atom. The SMILES string of the molecule is O=[N+]([O-])c1cc(-c2nc3ccccc3[nH]2)ccc1F. The summed E-state index contributed by atoms with van der Waals surface area (Å²) in [4.78, 5) is 17.3. The van der Waals surface area contributed by atoms with Gasteiger partial charge < -0.3 is 4.98 Å². The highest BCUT2D eigenvalue weighted by molar-refractivity contribution is 5.79. The Bertz CT molecular complexity index is 749. The van der Waals surface area contributed by atoms with Gasteiger partial charge in [0.1, 0.15) is 5.82 Å². The monoisotopic (exact) mass is 257 g/mol. The van der Waals surface area contributed by atoms with Crippen molar-refractivity contribution in [3.63, 3.8) is 0 Å². The summed E-state index contributed by atoms with van der Waals surface area (Å²) in [5.74, 6) is -0.380. The van der Waals surface area contributed by atoms with Gasteiger partial charge in [-0.3, -0.25) is 10.1 Å². The highest BCUT2D eigenvalue weighted by Gasteiger charge is 2.16. The second kappa shape index (κ2) is 4.16. The van der Waals surface area contributed by atoms with Crippen LogP contribution in [0.2, 0.25) is 0 Å². The molecule has 1 heterocycles. The molecule has 0 aliphatic heterocycles. The number of nitrogens with one attached hydrogen (secondary N) is 1. The number of nitro groups is 1. The van der Waals surface area contributed by atoms with Gasteiger partial charge in [0, 0.05) is 11.6 Å². The van der Waals surface area contributed by atoms with Gasteiger partial charge in [-0.05, 0) is 24.3 Å². The average molecular weight is 257 g/mol. The number of nitro benzene ring substituents is 1. The third-order valence-electron chi connectivity index (χ3n) is 2.81. The van der Waals surface area contributed by atoms with Crippen LogP contribution >= 0.6 is 0 Å². The maximum absolute atomic E-state index is 13.3. The van der Waals surface area contributed by atoms with E-state index in [0.29, 0.717) is 11.4 Å². The molecule has 0 saturated carbocycles. The van der Waals surface area contributed by atoms with Gasteiger partial charge in [-0.15, -0.1) is 0 Å². The lowest BCUT2D eigenvalue weighted by Gasteiger charge is -1.98. The topological polar surface area (TPSA) is 71.8 Å². The molecule has 1 N–H and O–H groups in total. The maximum Gasteiger partial charge on any atom is 0.305 e. The van der Waals surface area contributed by atoms with Crippen LogP contribution in [0.5, 0.6) is 0 Å². The van der Waals surface area contributed by atoms with Crippen LogP contribution in [0.1, 0.15) is 0 Å². The third kappa shape index (κ3) is 1.93. The molecule has 1 aromatic heterocycles. The Kier molecular flexibility index (Phi) is 2.49. The molecule has 5 nitrogen and oxygen atoms in total. The van der Waals surface area contributed by atoms with Gasteiger partial charge >= 0.3 is 5.69 Å². The molecule has 0 saturated heterocycles. The van der Waals surface area contributed by atoms with Crippen LogP contribution in [-0.2, 0) is 0 Å². The molecule has 19 heavy (non-hydrogen) atoms. The summed E-state index contributed by atoms with van der Waals surface area (Å²) >= 11 is 0. The minimum absolute atomic E-state index is 0.476. The lowest BCUT2D eigenvalue weighted by molar-refractivity contribution is -0.387. The Morgan fingerprint density at radius 2 is 2.00 bits per heavy atom. The number of fused-ring (bicyclic) bond motifs is 1. The molecular formula is C13H8FN3O2. The van der Waals surface area contributed by atoms with Crippen molar-refractivity contribution in [2.45, 2.75) is 0 Å². The Labute approximate surface area is 106 Å². The molecule has 0 amide bonds. The first kappa shape index (κ1) is 11.3. The fourth-order valence-corrected chi connectivity index (χ4v) is 1.89. The Balaban J connectivity index is 2.16. The number of aromatic nitrogens is 2. The zero-order valence-electron chi connectivity index (χ0n) is 9.63. The number of hydrogen-bond acceptors (Lipinski definition) is 3. The molecule has 0 fully saturated rings. The van der Waals surface area contributed by atoms with Crippen LogP contribution < -0.4 is 0 Å². The lowest BCUT2D eigenvalue weighted by Crippen LogP contribution is -1.93. The van der Waals surface area contributed by atoms with Crippen LogP contribution in [-0.4, -0.2) is 14.9 Å². The number of halogens is 1. The van der Waals surface area contributed by atoms with Crippen LogP contribution in [0.15, 0.2) is 42.5 Å². The molecule has 0 atom stereocenters. The first-order valence-electron chi connectivity index (χ1n) is 5.54.